The maximum atomic E-state index is 12.7. The van der Waals surface area contributed by atoms with Crippen LogP contribution < -0.4 is 9.47 Å². The zero-order valence-corrected chi connectivity index (χ0v) is 13.1. The fourth-order valence-corrected chi connectivity index (χ4v) is 3.69. The first-order valence-corrected chi connectivity index (χ1v) is 7.48. The molecule has 1 amide bonds. The molecule has 23 heavy (non-hydrogen) atoms. The molecule has 4 heterocycles. The van der Waals surface area contributed by atoms with E-state index in [1.165, 1.54) is 11.1 Å². The van der Waals surface area contributed by atoms with Crippen LogP contribution in [0.25, 0.3) is 0 Å². The van der Waals surface area contributed by atoms with Crippen molar-refractivity contribution in [1.82, 2.24) is 9.88 Å². The fraction of sp³-hybridized carbons (Fsp3) is 0.294. The highest BCUT2D eigenvalue weighted by atomic mass is 35.5. The molecule has 6 heteroatoms. The van der Waals surface area contributed by atoms with E-state index in [0.717, 1.165) is 42.1 Å². The third-order valence-corrected chi connectivity index (χ3v) is 4.76. The number of carbonyl (C=O) groups excluding carboxylic acids is 1. The Morgan fingerprint density at radius 1 is 1.22 bits per heavy atom. The average Bonchev–Trinajstić information content (AvgIpc) is 3.00. The van der Waals surface area contributed by atoms with Crippen molar-refractivity contribution < 1.29 is 14.3 Å². The summed E-state index contributed by atoms with van der Waals surface area (Å²) in [4.78, 5) is 19.1. The number of rotatable bonds is 0. The minimum atomic E-state index is 0. The van der Waals surface area contributed by atoms with Gasteiger partial charge in [-0.05, 0) is 41.8 Å². The van der Waals surface area contributed by atoms with Gasteiger partial charge >= 0.3 is 0 Å². The predicted molar refractivity (Wildman–Crippen MR) is 85.2 cm³/mol. The number of halogens is 1. The summed E-state index contributed by atoms with van der Waals surface area (Å²) in [6.45, 7) is 1.01. The molecule has 0 bridgehead atoms. The molecule has 0 radical (unpaired) electrons. The van der Waals surface area contributed by atoms with Gasteiger partial charge in [0.25, 0.3) is 5.91 Å². The minimum absolute atomic E-state index is 0. The monoisotopic (exact) mass is 330 g/mol. The van der Waals surface area contributed by atoms with Gasteiger partial charge in [0.1, 0.15) is 0 Å². The molecule has 1 atom stereocenters. The Hall–Kier alpha value is -2.27. The zero-order valence-electron chi connectivity index (χ0n) is 12.3. The van der Waals surface area contributed by atoms with Gasteiger partial charge in [0.05, 0.1) is 17.3 Å². The van der Waals surface area contributed by atoms with Gasteiger partial charge in [-0.2, -0.15) is 0 Å². The van der Waals surface area contributed by atoms with Gasteiger partial charge in [0, 0.05) is 19.2 Å². The lowest BCUT2D eigenvalue weighted by Gasteiger charge is -2.40. The van der Waals surface area contributed by atoms with Crippen molar-refractivity contribution >= 4 is 18.3 Å². The second kappa shape index (κ2) is 5.13. The quantitative estimate of drug-likeness (QED) is 0.745. The van der Waals surface area contributed by atoms with Crippen LogP contribution in [0.3, 0.4) is 0 Å². The van der Waals surface area contributed by atoms with Crippen LogP contribution in [0.2, 0.25) is 0 Å². The van der Waals surface area contributed by atoms with Crippen molar-refractivity contribution in [3.63, 3.8) is 0 Å². The topological polar surface area (TPSA) is 51.7 Å². The lowest BCUT2D eigenvalue weighted by molar-refractivity contribution is 0.0628. The van der Waals surface area contributed by atoms with Crippen LogP contribution in [0.5, 0.6) is 11.5 Å². The molecule has 1 unspecified atom stereocenters. The summed E-state index contributed by atoms with van der Waals surface area (Å²) >= 11 is 0. The third-order valence-electron chi connectivity index (χ3n) is 4.76. The summed E-state index contributed by atoms with van der Waals surface area (Å²) in [7, 11) is 0. The fourth-order valence-electron chi connectivity index (χ4n) is 3.69. The molecule has 1 aromatic heterocycles. The van der Waals surface area contributed by atoms with Crippen molar-refractivity contribution in [3.05, 3.63) is 52.8 Å². The van der Waals surface area contributed by atoms with Crippen LogP contribution in [0.1, 0.15) is 33.2 Å². The van der Waals surface area contributed by atoms with E-state index in [1.807, 2.05) is 23.1 Å². The highest BCUT2D eigenvalue weighted by Crippen LogP contribution is 2.43. The molecule has 118 valence electrons. The van der Waals surface area contributed by atoms with Crippen molar-refractivity contribution in [3.8, 4) is 11.5 Å². The Morgan fingerprint density at radius 2 is 2.04 bits per heavy atom. The molecule has 0 N–H and O–H groups in total. The van der Waals surface area contributed by atoms with Crippen molar-refractivity contribution in [2.45, 2.75) is 18.9 Å². The summed E-state index contributed by atoms with van der Waals surface area (Å²) in [6.07, 6.45) is 3.36. The van der Waals surface area contributed by atoms with E-state index in [9.17, 15) is 4.79 Å². The molecule has 1 aromatic carbocycles. The van der Waals surface area contributed by atoms with Gasteiger partial charge in [-0.15, -0.1) is 12.4 Å². The molecule has 5 rings (SSSR count). The van der Waals surface area contributed by atoms with Crippen LogP contribution >= 0.6 is 12.4 Å². The Balaban J connectivity index is 0.00000135. The maximum Gasteiger partial charge on any atom is 0.256 e. The van der Waals surface area contributed by atoms with Gasteiger partial charge in [-0.25, -0.2) is 0 Å². The third kappa shape index (κ3) is 2.00. The molecule has 2 aromatic rings. The minimum Gasteiger partial charge on any atom is -0.454 e. The van der Waals surface area contributed by atoms with E-state index in [1.54, 1.807) is 6.20 Å². The number of benzene rings is 1. The van der Waals surface area contributed by atoms with Gasteiger partial charge in [-0.1, -0.05) is 0 Å². The van der Waals surface area contributed by atoms with E-state index in [-0.39, 0.29) is 31.1 Å². The van der Waals surface area contributed by atoms with E-state index < -0.39 is 0 Å². The lowest BCUT2D eigenvalue weighted by Crippen LogP contribution is -2.44. The average molecular weight is 331 g/mol. The summed E-state index contributed by atoms with van der Waals surface area (Å²) < 4.78 is 11.0. The number of amides is 1. The highest BCUT2D eigenvalue weighted by molar-refractivity contribution is 5.96. The molecule has 3 aliphatic heterocycles. The van der Waals surface area contributed by atoms with Crippen LogP contribution in [0, 0.1) is 0 Å². The number of pyridine rings is 1. The number of nitrogens with zero attached hydrogens (tertiary/aromatic N) is 2. The standard InChI is InChI=1S/C17H14N2O3.ClH/c20-17-11-2-1-4-18-13(11)8-14-12-7-16-15(21-9-22-16)6-10(12)3-5-19(14)17;/h1-2,4,6-7,14H,3,5,8-9H2;1H. The number of carbonyl (C=O) groups is 1. The first kappa shape index (κ1) is 14.3. The molecule has 0 saturated heterocycles. The molecular weight excluding hydrogens is 316 g/mol. The second-order valence-electron chi connectivity index (χ2n) is 5.87. The summed E-state index contributed by atoms with van der Waals surface area (Å²) in [5.41, 5.74) is 4.04. The Morgan fingerprint density at radius 3 is 2.91 bits per heavy atom. The number of fused-ring (bicyclic) bond motifs is 5. The van der Waals surface area contributed by atoms with Crippen molar-refractivity contribution in [2.24, 2.45) is 0 Å². The van der Waals surface area contributed by atoms with Crippen LogP contribution in [0.15, 0.2) is 30.5 Å². The van der Waals surface area contributed by atoms with Crippen LogP contribution in [0.4, 0.5) is 0 Å². The number of hydrogen-bond acceptors (Lipinski definition) is 4. The highest BCUT2D eigenvalue weighted by Gasteiger charge is 2.38. The second-order valence-corrected chi connectivity index (χ2v) is 5.87. The zero-order chi connectivity index (χ0) is 14.7. The predicted octanol–water partition coefficient (Wildman–Crippen LogP) is 2.53. The summed E-state index contributed by atoms with van der Waals surface area (Å²) in [5, 5.41) is 0. The molecule has 0 saturated carbocycles. The number of ether oxygens (including phenoxy) is 2. The SMILES string of the molecule is Cl.O=C1c2cccnc2CC2c3cc4c(cc3CCN12)OCO4. The molecule has 3 aliphatic rings. The summed E-state index contributed by atoms with van der Waals surface area (Å²) in [6, 6.07) is 7.85. The van der Waals surface area contributed by atoms with Crippen LogP contribution in [-0.2, 0) is 12.8 Å². The van der Waals surface area contributed by atoms with Gasteiger partial charge < -0.3 is 14.4 Å². The van der Waals surface area contributed by atoms with Crippen molar-refractivity contribution in [2.75, 3.05) is 13.3 Å². The van der Waals surface area contributed by atoms with E-state index in [4.69, 9.17) is 9.47 Å². The number of aromatic nitrogens is 1. The first-order chi connectivity index (χ1) is 10.8. The molecule has 0 spiro atoms. The molecular formula is C17H15ClN2O3. The van der Waals surface area contributed by atoms with Gasteiger partial charge in [0.15, 0.2) is 11.5 Å². The van der Waals surface area contributed by atoms with Crippen LogP contribution in [-0.4, -0.2) is 29.1 Å². The first-order valence-electron chi connectivity index (χ1n) is 7.48. The largest absolute Gasteiger partial charge is 0.454 e. The molecule has 0 fully saturated rings. The Kier molecular flexibility index (Phi) is 3.20. The van der Waals surface area contributed by atoms with E-state index in [2.05, 4.69) is 11.1 Å². The smallest absolute Gasteiger partial charge is 0.256 e. The van der Waals surface area contributed by atoms with Gasteiger partial charge in [-0.3, -0.25) is 9.78 Å². The van der Waals surface area contributed by atoms with E-state index in [0.29, 0.717) is 0 Å². The van der Waals surface area contributed by atoms with Gasteiger partial charge in [0.2, 0.25) is 6.79 Å². The maximum absolute atomic E-state index is 12.7. The summed E-state index contributed by atoms with van der Waals surface area (Å²) in [5.74, 6) is 1.68. The normalized spacial score (nSPS) is 20.3. The molecule has 5 nitrogen and oxygen atoms in total. The Bertz CT molecular complexity index is 808. The lowest BCUT2D eigenvalue weighted by atomic mass is 9.85. The molecule has 0 aliphatic carbocycles. The van der Waals surface area contributed by atoms with Crippen molar-refractivity contribution in [1.29, 1.82) is 0 Å². The van der Waals surface area contributed by atoms with E-state index >= 15 is 0 Å². The number of hydrogen-bond donors (Lipinski definition) is 0. The Labute approximate surface area is 139 Å².